The zero-order chi connectivity index (χ0) is 24.9. The highest BCUT2D eigenvalue weighted by Crippen LogP contribution is 2.27. The van der Waals surface area contributed by atoms with Crippen molar-refractivity contribution in [2.45, 2.75) is 51.8 Å². The second-order valence-corrected chi connectivity index (χ2v) is 8.74. The Kier molecular flexibility index (Phi) is 7.60. The molecule has 0 aliphatic carbocycles. The molecule has 184 valence electrons. The van der Waals surface area contributed by atoms with Crippen molar-refractivity contribution >= 4 is 11.7 Å². The van der Waals surface area contributed by atoms with Gasteiger partial charge in [-0.25, -0.2) is 9.37 Å². The lowest BCUT2D eigenvalue weighted by molar-refractivity contribution is 0.0781. The largest absolute Gasteiger partial charge is 0.481 e. The van der Waals surface area contributed by atoms with Gasteiger partial charge >= 0.3 is 0 Å². The van der Waals surface area contributed by atoms with Crippen LogP contribution in [0.4, 0.5) is 4.39 Å². The summed E-state index contributed by atoms with van der Waals surface area (Å²) in [5, 5.41) is 3.08. The SMILES string of the molecule is CC[C@@H](NC(=O)c1cc(C(=O)C[C@H](C)c2ccc(F)cc2)n2c1COCC2)c1ccc(OC)nc1. The third-order valence-corrected chi connectivity index (χ3v) is 6.45. The summed E-state index contributed by atoms with van der Waals surface area (Å²) in [6.07, 6.45) is 2.62. The predicted molar refractivity (Wildman–Crippen MR) is 129 cm³/mol. The summed E-state index contributed by atoms with van der Waals surface area (Å²) < 4.78 is 25.9. The lowest BCUT2D eigenvalue weighted by atomic mass is 9.94. The first-order valence-corrected chi connectivity index (χ1v) is 11.8. The Bertz CT molecular complexity index is 1190. The number of benzene rings is 1. The Morgan fingerprint density at radius 1 is 1.20 bits per heavy atom. The number of hydrogen-bond donors (Lipinski definition) is 1. The van der Waals surface area contributed by atoms with Crippen molar-refractivity contribution in [2.24, 2.45) is 0 Å². The number of nitrogens with zero attached hydrogens (tertiary/aromatic N) is 2. The van der Waals surface area contributed by atoms with Gasteiger partial charge in [0.15, 0.2) is 5.78 Å². The van der Waals surface area contributed by atoms with Gasteiger partial charge in [0, 0.05) is 25.2 Å². The number of pyridine rings is 1. The fraction of sp³-hybridized carbons (Fsp3) is 0.370. The van der Waals surface area contributed by atoms with Crippen LogP contribution in [-0.2, 0) is 17.9 Å². The maximum Gasteiger partial charge on any atom is 0.253 e. The van der Waals surface area contributed by atoms with Crippen LogP contribution in [-0.4, -0.2) is 35.0 Å². The Morgan fingerprint density at radius 3 is 2.60 bits per heavy atom. The van der Waals surface area contributed by atoms with Crippen LogP contribution < -0.4 is 10.1 Å². The lowest BCUT2D eigenvalue weighted by Crippen LogP contribution is -2.29. The first-order chi connectivity index (χ1) is 16.9. The van der Waals surface area contributed by atoms with E-state index in [0.29, 0.717) is 42.4 Å². The quantitative estimate of drug-likeness (QED) is 0.445. The van der Waals surface area contributed by atoms with Crippen LogP contribution in [0.2, 0.25) is 0 Å². The number of halogens is 1. The summed E-state index contributed by atoms with van der Waals surface area (Å²) >= 11 is 0. The van der Waals surface area contributed by atoms with E-state index < -0.39 is 0 Å². The molecule has 2 atom stereocenters. The monoisotopic (exact) mass is 479 g/mol. The fourth-order valence-electron chi connectivity index (χ4n) is 4.42. The zero-order valence-electron chi connectivity index (χ0n) is 20.2. The predicted octanol–water partition coefficient (Wildman–Crippen LogP) is 4.82. The third kappa shape index (κ3) is 5.43. The number of hydrogen-bond acceptors (Lipinski definition) is 5. The van der Waals surface area contributed by atoms with Crippen LogP contribution >= 0.6 is 0 Å². The molecular weight excluding hydrogens is 449 g/mol. The van der Waals surface area contributed by atoms with Crippen molar-refractivity contribution in [3.63, 3.8) is 0 Å². The van der Waals surface area contributed by atoms with Crippen LogP contribution in [0.15, 0.2) is 48.7 Å². The molecule has 2 aromatic heterocycles. The minimum absolute atomic E-state index is 0.0598. The van der Waals surface area contributed by atoms with Gasteiger partial charge in [-0.15, -0.1) is 0 Å². The molecule has 1 aliphatic rings. The molecule has 0 spiro atoms. The number of fused-ring (bicyclic) bond motifs is 1. The van der Waals surface area contributed by atoms with Gasteiger partial charge in [0.2, 0.25) is 5.88 Å². The maximum absolute atomic E-state index is 13.3. The summed E-state index contributed by atoms with van der Waals surface area (Å²) in [6, 6.07) is 11.3. The lowest BCUT2D eigenvalue weighted by Gasteiger charge is -2.21. The minimum atomic E-state index is -0.306. The van der Waals surface area contributed by atoms with Crippen LogP contribution in [0.25, 0.3) is 0 Å². The third-order valence-electron chi connectivity index (χ3n) is 6.45. The average Bonchev–Trinajstić information content (AvgIpc) is 3.27. The Labute approximate surface area is 204 Å². The van der Waals surface area contributed by atoms with Crippen molar-refractivity contribution in [1.29, 1.82) is 0 Å². The number of ketones is 1. The van der Waals surface area contributed by atoms with E-state index in [1.165, 1.54) is 12.1 Å². The van der Waals surface area contributed by atoms with E-state index in [4.69, 9.17) is 9.47 Å². The van der Waals surface area contributed by atoms with E-state index >= 15 is 0 Å². The van der Waals surface area contributed by atoms with Crippen molar-refractivity contribution < 1.29 is 23.5 Å². The molecule has 4 rings (SSSR count). The molecule has 1 aromatic carbocycles. The Morgan fingerprint density at radius 2 is 1.94 bits per heavy atom. The molecule has 7 nitrogen and oxygen atoms in total. The molecular formula is C27H30FN3O4. The molecule has 0 radical (unpaired) electrons. The number of Topliss-reactive ketones (excluding diaryl/α,β-unsaturated/α-hetero) is 1. The number of aromatic nitrogens is 2. The van der Waals surface area contributed by atoms with Gasteiger partial charge in [-0.2, -0.15) is 0 Å². The molecule has 1 amide bonds. The molecule has 35 heavy (non-hydrogen) atoms. The molecule has 1 aliphatic heterocycles. The minimum Gasteiger partial charge on any atom is -0.481 e. The van der Waals surface area contributed by atoms with Crippen LogP contribution in [0, 0.1) is 5.82 Å². The standard InChI is InChI=1S/C27H30FN3O4/c1-4-22(19-7-10-26(34-3)29-15-19)30-27(33)21-14-23(31-11-12-35-16-24(21)31)25(32)13-17(2)18-5-8-20(28)9-6-18/h5-10,14-15,17,22H,4,11-13,16H2,1-3H3,(H,30,33)/t17-,22+/m0/s1. The smallest absolute Gasteiger partial charge is 0.253 e. The first-order valence-electron chi connectivity index (χ1n) is 11.8. The van der Waals surface area contributed by atoms with E-state index in [9.17, 15) is 14.0 Å². The van der Waals surface area contributed by atoms with Crippen LogP contribution in [0.5, 0.6) is 5.88 Å². The van der Waals surface area contributed by atoms with Crippen molar-refractivity contribution in [3.8, 4) is 5.88 Å². The van der Waals surface area contributed by atoms with E-state index in [0.717, 1.165) is 11.1 Å². The Hall–Kier alpha value is -3.52. The van der Waals surface area contributed by atoms with E-state index in [1.807, 2.05) is 24.5 Å². The summed E-state index contributed by atoms with van der Waals surface area (Å²) in [6.45, 7) is 5.18. The second-order valence-electron chi connectivity index (χ2n) is 8.74. The van der Waals surface area contributed by atoms with Crippen molar-refractivity contribution in [2.75, 3.05) is 13.7 Å². The molecule has 1 N–H and O–H groups in total. The second kappa shape index (κ2) is 10.8. The van der Waals surface area contributed by atoms with Crippen LogP contribution in [0.1, 0.15) is 76.3 Å². The molecule has 8 heteroatoms. The molecule has 3 aromatic rings. The summed E-state index contributed by atoms with van der Waals surface area (Å²) in [7, 11) is 1.55. The number of rotatable bonds is 9. The molecule has 0 unspecified atom stereocenters. The topological polar surface area (TPSA) is 82.5 Å². The van der Waals surface area contributed by atoms with Crippen molar-refractivity contribution in [3.05, 3.63) is 82.6 Å². The highest BCUT2D eigenvalue weighted by atomic mass is 19.1. The van der Waals surface area contributed by atoms with Gasteiger partial charge < -0.3 is 19.4 Å². The van der Waals surface area contributed by atoms with Gasteiger partial charge in [0.25, 0.3) is 5.91 Å². The van der Waals surface area contributed by atoms with Gasteiger partial charge in [0.1, 0.15) is 5.82 Å². The summed E-state index contributed by atoms with van der Waals surface area (Å²) in [5.41, 5.74) is 3.42. The van der Waals surface area contributed by atoms with Crippen molar-refractivity contribution in [1.82, 2.24) is 14.9 Å². The summed E-state index contributed by atoms with van der Waals surface area (Å²) in [4.78, 5) is 30.8. The number of nitrogens with one attached hydrogen (secondary N) is 1. The molecule has 0 fully saturated rings. The highest BCUT2D eigenvalue weighted by Gasteiger charge is 2.28. The normalized spacial score (nSPS) is 14.6. The molecule has 0 bridgehead atoms. The number of carbonyl (C=O) groups is 2. The van der Waals surface area contributed by atoms with Gasteiger partial charge in [-0.05, 0) is 41.7 Å². The van der Waals surface area contributed by atoms with Gasteiger partial charge in [-0.3, -0.25) is 9.59 Å². The average molecular weight is 480 g/mol. The molecule has 0 saturated carbocycles. The molecule has 0 saturated heterocycles. The van der Waals surface area contributed by atoms with Crippen LogP contribution in [0.3, 0.4) is 0 Å². The van der Waals surface area contributed by atoms with E-state index in [1.54, 1.807) is 37.6 Å². The fourth-order valence-corrected chi connectivity index (χ4v) is 4.42. The number of methoxy groups -OCH3 is 1. The number of carbonyl (C=O) groups excluding carboxylic acids is 2. The van der Waals surface area contributed by atoms with E-state index in [-0.39, 0.29) is 42.5 Å². The highest BCUT2D eigenvalue weighted by molar-refractivity contribution is 6.01. The molecule has 3 heterocycles. The summed E-state index contributed by atoms with van der Waals surface area (Å²) in [5.74, 6) is -0.201. The number of amides is 1. The Balaban J connectivity index is 1.55. The van der Waals surface area contributed by atoms with E-state index in [2.05, 4.69) is 10.3 Å². The van der Waals surface area contributed by atoms with Gasteiger partial charge in [-0.1, -0.05) is 32.0 Å². The van der Waals surface area contributed by atoms with Gasteiger partial charge in [0.05, 0.1) is 43.3 Å². The number of ether oxygens (including phenoxy) is 2. The zero-order valence-corrected chi connectivity index (χ0v) is 20.2. The first kappa shape index (κ1) is 24.6. The maximum atomic E-state index is 13.3.